The summed E-state index contributed by atoms with van der Waals surface area (Å²) in [5.41, 5.74) is 9.13. The highest BCUT2D eigenvalue weighted by Gasteiger charge is 2.00. The van der Waals surface area contributed by atoms with Crippen LogP contribution in [0, 0.1) is 12.8 Å². The van der Waals surface area contributed by atoms with Crippen LogP contribution in [0.5, 0.6) is 0 Å². The zero-order valence-electron chi connectivity index (χ0n) is 12.1. The second kappa shape index (κ2) is 8.02. The Kier molecular flexibility index (Phi) is 6.63. The summed E-state index contributed by atoms with van der Waals surface area (Å²) in [7, 11) is 0. The molecular weight excluding hydrogens is 220 g/mol. The minimum Gasteiger partial charge on any atom is -0.397 e. The second-order valence-electron chi connectivity index (χ2n) is 5.56. The first-order valence-electron chi connectivity index (χ1n) is 7.20. The first-order valence-corrected chi connectivity index (χ1v) is 7.20. The number of hydrogen-bond acceptors (Lipinski definition) is 2. The minimum absolute atomic E-state index is 0.843. The van der Waals surface area contributed by atoms with Crippen LogP contribution < -0.4 is 11.1 Å². The summed E-state index contributed by atoms with van der Waals surface area (Å²) in [4.78, 5) is 0. The first kappa shape index (κ1) is 14.9. The number of aryl methyl sites for hydroxylation is 1. The molecule has 0 bridgehead atoms. The van der Waals surface area contributed by atoms with E-state index in [0.717, 1.165) is 29.4 Å². The van der Waals surface area contributed by atoms with Crippen molar-refractivity contribution in [1.29, 1.82) is 0 Å². The molecule has 0 aromatic heterocycles. The highest BCUT2D eigenvalue weighted by Crippen LogP contribution is 2.21. The summed E-state index contributed by atoms with van der Waals surface area (Å²) >= 11 is 0. The van der Waals surface area contributed by atoms with Gasteiger partial charge in [-0.05, 0) is 30.9 Å². The van der Waals surface area contributed by atoms with Crippen molar-refractivity contribution < 1.29 is 0 Å². The number of rotatable bonds is 8. The van der Waals surface area contributed by atoms with Gasteiger partial charge in [-0.25, -0.2) is 0 Å². The van der Waals surface area contributed by atoms with Gasteiger partial charge in [0.2, 0.25) is 0 Å². The van der Waals surface area contributed by atoms with E-state index in [1.807, 2.05) is 13.0 Å². The fourth-order valence-corrected chi connectivity index (χ4v) is 2.09. The van der Waals surface area contributed by atoms with Crippen molar-refractivity contribution in [3.05, 3.63) is 23.8 Å². The van der Waals surface area contributed by atoms with Crippen molar-refractivity contribution in [2.75, 3.05) is 17.6 Å². The molecule has 3 N–H and O–H groups in total. The molecular formula is C16H28N2. The number of nitrogens with one attached hydrogen (secondary N) is 1. The molecule has 0 aliphatic heterocycles. The van der Waals surface area contributed by atoms with Crippen LogP contribution in [0.25, 0.3) is 0 Å². The Bertz CT molecular complexity index is 345. The third kappa shape index (κ3) is 5.44. The molecule has 0 saturated carbocycles. The van der Waals surface area contributed by atoms with Gasteiger partial charge in [-0.2, -0.15) is 0 Å². The fourth-order valence-electron chi connectivity index (χ4n) is 2.09. The molecule has 0 saturated heterocycles. The molecule has 0 fully saturated rings. The monoisotopic (exact) mass is 248 g/mol. The van der Waals surface area contributed by atoms with Gasteiger partial charge in [0.15, 0.2) is 0 Å². The van der Waals surface area contributed by atoms with Crippen molar-refractivity contribution in [2.45, 2.75) is 52.9 Å². The molecule has 2 heteroatoms. The van der Waals surface area contributed by atoms with Gasteiger partial charge in [0.05, 0.1) is 11.4 Å². The number of benzene rings is 1. The van der Waals surface area contributed by atoms with Gasteiger partial charge < -0.3 is 11.1 Å². The molecule has 1 rings (SSSR count). The molecule has 1 aromatic rings. The third-order valence-electron chi connectivity index (χ3n) is 3.35. The van der Waals surface area contributed by atoms with Crippen molar-refractivity contribution in [3.63, 3.8) is 0 Å². The Morgan fingerprint density at radius 1 is 1.11 bits per heavy atom. The molecule has 0 aliphatic rings. The predicted octanol–water partition coefficient (Wildman–Crippen LogP) is 4.60. The standard InChI is InChI=1S/C16H28N2/c1-13(2)9-6-4-5-7-12-18-15-11-8-10-14(3)16(15)17/h8,10-11,13,18H,4-7,9,12,17H2,1-3H3. The van der Waals surface area contributed by atoms with Gasteiger partial charge in [0.25, 0.3) is 0 Å². The summed E-state index contributed by atoms with van der Waals surface area (Å²) in [5.74, 6) is 0.843. The molecule has 0 atom stereocenters. The van der Waals surface area contributed by atoms with Crippen molar-refractivity contribution in [3.8, 4) is 0 Å². The lowest BCUT2D eigenvalue weighted by molar-refractivity contribution is 0.523. The van der Waals surface area contributed by atoms with E-state index in [1.165, 1.54) is 32.1 Å². The third-order valence-corrected chi connectivity index (χ3v) is 3.35. The zero-order valence-corrected chi connectivity index (χ0v) is 12.1. The molecule has 0 unspecified atom stereocenters. The number of hydrogen-bond donors (Lipinski definition) is 2. The number of nitrogens with two attached hydrogens (primary N) is 1. The van der Waals surface area contributed by atoms with Crippen LogP contribution in [0.1, 0.15) is 51.5 Å². The van der Waals surface area contributed by atoms with Crippen molar-refractivity contribution in [1.82, 2.24) is 0 Å². The largest absolute Gasteiger partial charge is 0.397 e. The number of nitrogen functional groups attached to an aromatic ring is 1. The van der Waals surface area contributed by atoms with Gasteiger partial charge in [-0.1, -0.05) is 51.7 Å². The van der Waals surface area contributed by atoms with Gasteiger partial charge in [0.1, 0.15) is 0 Å². The van der Waals surface area contributed by atoms with E-state index < -0.39 is 0 Å². The van der Waals surface area contributed by atoms with E-state index >= 15 is 0 Å². The Hall–Kier alpha value is -1.18. The average molecular weight is 248 g/mol. The normalized spacial score (nSPS) is 10.9. The zero-order chi connectivity index (χ0) is 13.4. The van der Waals surface area contributed by atoms with Crippen LogP contribution in [0.4, 0.5) is 11.4 Å². The van der Waals surface area contributed by atoms with Gasteiger partial charge >= 0.3 is 0 Å². The summed E-state index contributed by atoms with van der Waals surface area (Å²) in [5, 5.41) is 3.43. The Morgan fingerprint density at radius 3 is 2.56 bits per heavy atom. The van der Waals surface area contributed by atoms with E-state index in [2.05, 4.69) is 31.3 Å². The summed E-state index contributed by atoms with van der Waals surface area (Å²) in [6, 6.07) is 6.16. The maximum atomic E-state index is 6.02. The minimum atomic E-state index is 0.843. The first-order chi connectivity index (χ1) is 8.61. The molecule has 18 heavy (non-hydrogen) atoms. The molecule has 0 spiro atoms. The molecule has 1 aromatic carbocycles. The number of para-hydroxylation sites is 1. The lowest BCUT2D eigenvalue weighted by Crippen LogP contribution is -2.05. The van der Waals surface area contributed by atoms with Gasteiger partial charge in [0, 0.05) is 6.54 Å². The van der Waals surface area contributed by atoms with Crippen LogP contribution in [-0.2, 0) is 0 Å². The van der Waals surface area contributed by atoms with E-state index in [4.69, 9.17) is 5.73 Å². The maximum Gasteiger partial charge on any atom is 0.0579 e. The predicted molar refractivity (Wildman–Crippen MR) is 82.0 cm³/mol. The maximum absolute atomic E-state index is 6.02. The van der Waals surface area contributed by atoms with Crippen LogP contribution >= 0.6 is 0 Å². The Morgan fingerprint density at radius 2 is 1.83 bits per heavy atom. The van der Waals surface area contributed by atoms with Gasteiger partial charge in [-0.3, -0.25) is 0 Å². The summed E-state index contributed by atoms with van der Waals surface area (Å²) in [6.07, 6.45) is 6.61. The lowest BCUT2D eigenvalue weighted by atomic mass is 10.0. The molecule has 0 heterocycles. The van der Waals surface area contributed by atoms with E-state index in [-0.39, 0.29) is 0 Å². The van der Waals surface area contributed by atoms with Crippen LogP contribution in [0.3, 0.4) is 0 Å². The van der Waals surface area contributed by atoms with E-state index in [1.54, 1.807) is 0 Å². The van der Waals surface area contributed by atoms with Crippen LogP contribution in [0.15, 0.2) is 18.2 Å². The number of anilines is 2. The van der Waals surface area contributed by atoms with Crippen LogP contribution in [0.2, 0.25) is 0 Å². The SMILES string of the molecule is Cc1cccc(NCCCCCCC(C)C)c1N. The summed E-state index contributed by atoms with van der Waals surface area (Å²) < 4.78 is 0. The topological polar surface area (TPSA) is 38.0 Å². The second-order valence-corrected chi connectivity index (χ2v) is 5.56. The van der Waals surface area contributed by atoms with E-state index in [9.17, 15) is 0 Å². The smallest absolute Gasteiger partial charge is 0.0579 e. The molecule has 0 aliphatic carbocycles. The molecule has 102 valence electrons. The van der Waals surface area contributed by atoms with Crippen molar-refractivity contribution in [2.24, 2.45) is 5.92 Å². The molecule has 2 nitrogen and oxygen atoms in total. The molecule has 0 radical (unpaired) electrons. The summed E-state index contributed by atoms with van der Waals surface area (Å²) in [6.45, 7) is 7.66. The lowest BCUT2D eigenvalue weighted by Gasteiger charge is -2.11. The Balaban J connectivity index is 2.13. The fraction of sp³-hybridized carbons (Fsp3) is 0.625. The average Bonchev–Trinajstić information content (AvgIpc) is 2.32. The highest BCUT2D eigenvalue weighted by molar-refractivity contribution is 5.69. The van der Waals surface area contributed by atoms with Crippen molar-refractivity contribution >= 4 is 11.4 Å². The van der Waals surface area contributed by atoms with Crippen LogP contribution in [-0.4, -0.2) is 6.54 Å². The highest BCUT2D eigenvalue weighted by atomic mass is 14.9. The van der Waals surface area contributed by atoms with Gasteiger partial charge in [-0.15, -0.1) is 0 Å². The molecule has 0 amide bonds. The quantitative estimate of drug-likeness (QED) is 0.521. The Labute approximate surface area is 112 Å². The van der Waals surface area contributed by atoms with E-state index in [0.29, 0.717) is 0 Å². The number of unbranched alkanes of at least 4 members (excludes halogenated alkanes) is 3.